The van der Waals surface area contributed by atoms with Gasteiger partial charge in [-0.15, -0.1) is 0 Å². The highest BCUT2D eigenvalue weighted by Gasteiger charge is 2.78. The van der Waals surface area contributed by atoms with Gasteiger partial charge in [-0.3, -0.25) is 19.2 Å². The van der Waals surface area contributed by atoms with Crippen LogP contribution in [0.4, 0.5) is 4.39 Å². The minimum absolute atomic E-state index is 0.0441. The quantitative estimate of drug-likeness (QED) is 0.129. The number of nitrogens with one attached hydrogen (secondary N) is 1. The van der Waals surface area contributed by atoms with E-state index in [0.717, 1.165) is 26.0 Å². The number of hydrogen-bond acceptors (Lipinski definition) is 14. The van der Waals surface area contributed by atoms with Crippen LogP contribution in [0.2, 0.25) is 0 Å². The molecule has 63 heavy (non-hydrogen) atoms. The van der Waals surface area contributed by atoms with Crippen LogP contribution in [-0.2, 0) is 42.9 Å². The molecule has 7 rings (SSSR count). The van der Waals surface area contributed by atoms with Crippen LogP contribution in [0.15, 0.2) is 96.1 Å². The molecule has 15 nitrogen and oxygen atoms in total. The lowest BCUT2D eigenvalue weighted by atomic mass is 9.44. The van der Waals surface area contributed by atoms with E-state index in [2.05, 4.69) is 5.32 Å². The first-order chi connectivity index (χ1) is 29.7. The molecule has 1 heterocycles. The number of fused-ring (bicyclic) bond motifs is 5. The maximum Gasteiger partial charge on any atom is 0.338 e. The van der Waals surface area contributed by atoms with Gasteiger partial charge in [0.05, 0.1) is 35.6 Å². The number of ketones is 1. The predicted octanol–water partition coefficient (Wildman–Crippen LogP) is 3.87. The smallest absolute Gasteiger partial charge is 0.338 e. The number of aliphatic hydroxyl groups excluding tert-OH is 2. The molecule has 1 saturated heterocycles. The fourth-order valence-electron chi connectivity index (χ4n) is 10.2. The number of aliphatic hydroxyl groups is 3. The van der Waals surface area contributed by atoms with Gasteiger partial charge in [0.2, 0.25) is 0 Å². The van der Waals surface area contributed by atoms with E-state index in [1.807, 2.05) is 0 Å². The highest BCUT2D eigenvalue weighted by molar-refractivity contribution is 5.96. The van der Waals surface area contributed by atoms with Gasteiger partial charge in [0, 0.05) is 37.7 Å². The average Bonchev–Trinajstić information content (AvgIpc) is 3.24. The van der Waals surface area contributed by atoms with Gasteiger partial charge in [0.15, 0.2) is 23.6 Å². The summed E-state index contributed by atoms with van der Waals surface area (Å²) in [6, 6.07) is 18.9. The van der Waals surface area contributed by atoms with Gasteiger partial charge < -0.3 is 44.3 Å². The molecule has 4 aliphatic rings. The summed E-state index contributed by atoms with van der Waals surface area (Å²) in [6.45, 7) is 7.79. The van der Waals surface area contributed by atoms with E-state index in [1.54, 1.807) is 36.4 Å². The fraction of sp³-hybridized carbons (Fsp3) is 0.447. The van der Waals surface area contributed by atoms with E-state index in [9.17, 15) is 43.7 Å². The molecule has 1 aliphatic heterocycles. The van der Waals surface area contributed by atoms with E-state index >= 15 is 4.79 Å². The molecule has 1 amide bonds. The van der Waals surface area contributed by atoms with Crippen LogP contribution in [-0.4, -0.2) is 105 Å². The molecule has 2 saturated carbocycles. The molecule has 16 heteroatoms. The van der Waals surface area contributed by atoms with Crippen molar-refractivity contribution >= 4 is 35.6 Å². The minimum Gasteiger partial charge on any atom is -0.456 e. The van der Waals surface area contributed by atoms with Crippen LogP contribution in [0.1, 0.15) is 86.7 Å². The lowest BCUT2D eigenvalue weighted by molar-refractivity contribution is -0.346. The Hall–Kier alpha value is -5.81. The number of rotatable bonds is 10. The fourth-order valence-corrected chi connectivity index (χ4v) is 10.2. The molecule has 3 fully saturated rings. The van der Waals surface area contributed by atoms with E-state index in [4.69, 9.17) is 23.7 Å². The van der Waals surface area contributed by atoms with E-state index in [0.29, 0.717) is 0 Å². The maximum absolute atomic E-state index is 15.5. The van der Waals surface area contributed by atoms with Crippen molar-refractivity contribution in [2.75, 3.05) is 6.61 Å². The number of amides is 1. The first-order valence-corrected chi connectivity index (χ1v) is 20.6. The van der Waals surface area contributed by atoms with Gasteiger partial charge in [-0.1, -0.05) is 62.4 Å². The van der Waals surface area contributed by atoms with Crippen LogP contribution in [0.5, 0.6) is 0 Å². The Labute approximate surface area is 362 Å². The molecule has 11 atom stereocenters. The Morgan fingerprint density at radius 3 is 2.02 bits per heavy atom. The Morgan fingerprint density at radius 2 is 1.46 bits per heavy atom. The molecule has 0 spiro atoms. The summed E-state index contributed by atoms with van der Waals surface area (Å²) in [5.74, 6) is -7.79. The standard InChI is InChI=1S/C47H50FNO14/c1-24-31(61-43(57)36(53)35(27-17-19-30(48)20-18-27)49-41(55)28-13-9-7-10-14-28)22-47(58)40(62-42(56)29-15-11-8-12-16-29)38-45(6,32(52)21-33-46(38,23-59-33)63-26(3)51)39(54)37(60-25(2)50)34(24)44(47,4)5/h7-20,31-33,35-38,40,52-53,58H,21-23H2,1-6H3,(H,49,55)/t31-,32-,33+,35+,36+,37+,38-,40-,45+,46-,47+/m0/s1. The molecule has 3 aliphatic carbocycles. The van der Waals surface area contributed by atoms with Gasteiger partial charge in [0.25, 0.3) is 5.91 Å². The number of carbonyl (C=O) groups is 6. The highest BCUT2D eigenvalue weighted by Crippen LogP contribution is 2.64. The van der Waals surface area contributed by atoms with Crippen molar-refractivity contribution in [3.63, 3.8) is 0 Å². The zero-order valence-electron chi connectivity index (χ0n) is 35.5. The van der Waals surface area contributed by atoms with Crippen LogP contribution in [0.3, 0.4) is 0 Å². The molecule has 0 aromatic heterocycles. The van der Waals surface area contributed by atoms with Crippen molar-refractivity contribution in [2.45, 2.75) is 108 Å². The van der Waals surface area contributed by atoms with Gasteiger partial charge in [-0.25, -0.2) is 14.0 Å². The monoisotopic (exact) mass is 871 g/mol. The molecule has 0 unspecified atom stereocenters. The van der Waals surface area contributed by atoms with Crippen molar-refractivity contribution in [1.29, 1.82) is 0 Å². The van der Waals surface area contributed by atoms with Crippen LogP contribution < -0.4 is 5.32 Å². The zero-order chi connectivity index (χ0) is 45.8. The van der Waals surface area contributed by atoms with Gasteiger partial charge >= 0.3 is 23.9 Å². The molecule has 3 aromatic carbocycles. The van der Waals surface area contributed by atoms with Crippen molar-refractivity contribution < 1.29 is 72.2 Å². The van der Waals surface area contributed by atoms with Crippen molar-refractivity contribution in [3.05, 3.63) is 119 Å². The second kappa shape index (κ2) is 16.7. The molecule has 3 aromatic rings. The van der Waals surface area contributed by atoms with Gasteiger partial charge in [-0.05, 0) is 67.0 Å². The van der Waals surface area contributed by atoms with Crippen LogP contribution in [0, 0.1) is 22.6 Å². The summed E-state index contributed by atoms with van der Waals surface area (Å²) in [6.07, 6.45) is -10.9. The SMILES string of the molecule is CC(=O)O[C@H]1C(=O)[C@@]2(C)[C@H]([C@H](OC(=O)c3ccccc3)[C@]3(O)C[C@H](OC(=O)[C@H](O)[C@H](NC(=O)c4ccccc4)c4ccc(F)cc4)C(C)=C1C3(C)C)[C@]1(OC(C)=O)CO[C@@H]1C[C@@H]2O. The summed E-state index contributed by atoms with van der Waals surface area (Å²) in [5.41, 5.74) is -7.58. The van der Waals surface area contributed by atoms with Crippen molar-refractivity contribution in [2.24, 2.45) is 16.7 Å². The first-order valence-electron chi connectivity index (χ1n) is 20.6. The molecular weight excluding hydrogens is 822 g/mol. The first kappa shape index (κ1) is 45.2. The Kier molecular flexibility index (Phi) is 12.0. The Balaban J connectivity index is 1.39. The van der Waals surface area contributed by atoms with Crippen LogP contribution >= 0.6 is 0 Å². The van der Waals surface area contributed by atoms with Gasteiger partial charge in [-0.2, -0.15) is 0 Å². The molecule has 0 radical (unpaired) electrons. The minimum atomic E-state index is -2.44. The van der Waals surface area contributed by atoms with Gasteiger partial charge in [0.1, 0.15) is 29.7 Å². The topological polar surface area (TPSA) is 221 Å². The lowest BCUT2D eigenvalue weighted by Gasteiger charge is -2.67. The number of carbonyl (C=O) groups excluding carboxylic acids is 6. The van der Waals surface area contributed by atoms with Crippen LogP contribution in [0.25, 0.3) is 0 Å². The summed E-state index contributed by atoms with van der Waals surface area (Å²) in [4.78, 5) is 83.4. The van der Waals surface area contributed by atoms with E-state index < -0.39 is 118 Å². The summed E-state index contributed by atoms with van der Waals surface area (Å²) >= 11 is 0. The number of benzene rings is 3. The van der Waals surface area contributed by atoms with E-state index in [-0.39, 0.29) is 40.9 Å². The van der Waals surface area contributed by atoms with Crippen molar-refractivity contribution in [3.8, 4) is 0 Å². The largest absolute Gasteiger partial charge is 0.456 e. The Bertz CT molecular complexity index is 2340. The molecule has 2 bridgehead atoms. The van der Waals surface area contributed by atoms with Crippen molar-refractivity contribution in [1.82, 2.24) is 5.32 Å². The molecule has 334 valence electrons. The molecular formula is C47H50FNO14. The second-order valence-corrected chi connectivity index (χ2v) is 17.5. The summed E-state index contributed by atoms with van der Waals surface area (Å²) < 4.78 is 44.2. The predicted molar refractivity (Wildman–Crippen MR) is 218 cm³/mol. The molecule has 4 N–H and O–H groups in total. The maximum atomic E-state index is 15.5. The summed E-state index contributed by atoms with van der Waals surface area (Å²) in [5, 5.41) is 40.1. The Morgan fingerprint density at radius 1 is 0.857 bits per heavy atom. The number of hydrogen-bond donors (Lipinski definition) is 4. The van der Waals surface area contributed by atoms with E-state index in [1.165, 1.54) is 64.1 Å². The number of ether oxygens (including phenoxy) is 5. The third-order valence-electron chi connectivity index (χ3n) is 13.6. The zero-order valence-corrected chi connectivity index (χ0v) is 35.5. The number of halogens is 1. The second-order valence-electron chi connectivity index (χ2n) is 17.5. The number of Topliss-reactive ketones (excluding diaryl/α,β-unsaturated/α-hetero) is 1. The lowest BCUT2D eigenvalue weighted by Crippen LogP contribution is -2.82. The average molecular weight is 872 g/mol. The summed E-state index contributed by atoms with van der Waals surface area (Å²) in [7, 11) is 0. The third kappa shape index (κ3) is 7.62. The number of esters is 4. The highest BCUT2D eigenvalue weighted by atomic mass is 19.1. The third-order valence-corrected chi connectivity index (χ3v) is 13.6. The normalized spacial score (nSPS) is 31.6.